The zero-order valence-electron chi connectivity index (χ0n) is 18.9. The number of nitrogens with zero attached hydrogens (tertiary/aromatic N) is 1. The molecule has 0 saturated heterocycles. The van der Waals surface area contributed by atoms with Crippen molar-refractivity contribution in [3.63, 3.8) is 0 Å². The predicted molar refractivity (Wildman–Crippen MR) is 113 cm³/mol. The maximum absolute atomic E-state index is 12.1. The Morgan fingerprint density at radius 3 is 2.14 bits per heavy atom. The van der Waals surface area contributed by atoms with E-state index in [1.54, 1.807) is 0 Å². The molecule has 0 saturated carbocycles. The molecule has 0 fully saturated rings. The normalized spacial score (nSPS) is 15.5. The summed E-state index contributed by atoms with van der Waals surface area (Å²) in [7, 11) is 1.60. The van der Waals surface area contributed by atoms with Gasteiger partial charge < -0.3 is 28.5 Å². The molecule has 0 heterocycles. The van der Waals surface area contributed by atoms with Crippen molar-refractivity contribution in [1.82, 2.24) is 5.32 Å². The molecule has 0 aromatic heterocycles. The smallest absolute Gasteiger partial charge is 0.268 e. The summed E-state index contributed by atoms with van der Waals surface area (Å²) >= 11 is 0. The van der Waals surface area contributed by atoms with Crippen LogP contribution in [0.4, 0.5) is 0 Å². The summed E-state index contributed by atoms with van der Waals surface area (Å²) in [4.78, 5) is 12.1. The Labute approximate surface area is 173 Å². The minimum atomic E-state index is -4.33. The molecule has 1 N–H and O–H groups in total. The molecule has 0 aromatic carbocycles. The zero-order valence-corrected chi connectivity index (χ0v) is 19.8. The summed E-state index contributed by atoms with van der Waals surface area (Å²) in [6.07, 6.45) is 9.37. The van der Waals surface area contributed by atoms with E-state index in [0.29, 0.717) is 24.2 Å². The van der Waals surface area contributed by atoms with Gasteiger partial charge in [0.05, 0.1) is 27.7 Å². The quantitative estimate of drug-likeness (QED) is 0.183. The Morgan fingerprint density at radius 2 is 1.57 bits per heavy atom. The molecule has 2 atom stereocenters. The first-order valence-electron chi connectivity index (χ1n) is 10.9. The van der Waals surface area contributed by atoms with Crippen molar-refractivity contribution in [2.75, 3.05) is 60.6 Å². The van der Waals surface area contributed by atoms with Crippen LogP contribution in [0.3, 0.4) is 0 Å². The van der Waals surface area contributed by atoms with Crippen molar-refractivity contribution < 1.29 is 27.7 Å². The summed E-state index contributed by atoms with van der Waals surface area (Å²) in [6, 6.07) is 0. The number of phosphoric ester groups is 1. The zero-order chi connectivity index (χ0) is 21.3. The number of quaternary nitrogens is 1. The van der Waals surface area contributed by atoms with Gasteiger partial charge in [-0.05, 0) is 13.0 Å². The second kappa shape index (κ2) is 16.8. The van der Waals surface area contributed by atoms with Gasteiger partial charge in [-0.25, -0.2) is 0 Å². The third-order valence-corrected chi connectivity index (χ3v) is 5.41. The van der Waals surface area contributed by atoms with E-state index in [-0.39, 0.29) is 13.2 Å². The van der Waals surface area contributed by atoms with Crippen LogP contribution in [0.5, 0.6) is 0 Å². The van der Waals surface area contributed by atoms with E-state index < -0.39 is 13.9 Å². The van der Waals surface area contributed by atoms with Gasteiger partial charge in [0.15, 0.2) is 0 Å². The van der Waals surface area contributed by atoms with Crippen LogP contribution in [0.15, 0.2) is 0 Å². The van der Waals surface area contributed by atoms with E-state index in [9.17, 15) is 9.46 Å². The summed E-state index contributed by atoms with van der Waals surface area (Å²) < 4.78 is 28.6. The van der Waals surface area contributed by atoms with Gasteiger partial charge in [0.25, 0.3) is 7.82 Å². The fourth-order valence-corrected chi connectivity index (χ4v) is 3.49. The molecule has 0 aliphatic heterocycles. The first kappa shape index (κ1) is 28.0. The molecular formula is C20H45N2O5P. The summed E-state index contributed by atoms with van der Waals surface area (Å²) in [6.45, 7) is 6.92. The van der Waals surface area contributed by atoms with Gasteiger partial charge in [-0.1, -0.05) is 58.8 Å². The highest BCUT2D eigenvalue weighted by Gasteiger charge is 2.19. The van der Waals surface area contributed by atoms with Crippen LogP contribution in [0.2, 0.25) is 0 Å². The molecule has 0 spiro atoms. The molecule has 8 heteroatoms. The van der Waals surface area contributed by atoms with Gasteiger partial charge in [-0.3, -0.25) is 4.57 Å². The lowest BCUT2D eigenvalue weighted by Crippen LogP contribution is -2.38. The highest BCUT2D eigenvalue weighted by molar-refractivity contribution is 7.45. The molecule has 0 aliphatic rings. The minimum absolute atomic E-state index is 0.108. The lowest BCUT2D eigenvalue weighted by Gasteiger charge is -2.30. The average molecular weight is 425 g/mol. The maximum atomic E-state index is 12.1. The van der Waals surface area contributed by atoms with Crippen molar-refractivity contribution in [3.05, 3.63) is 0 Å². The summed E-state index contributed by atoms with van der Waals surface area (Å²) in [5, 5.41) is 3.11. The summed E-state index contributed by atoms with van der Waals surface area (Å²) in [5.74, 6) is 0. The van der Waals surface area contributed by atoms with Crippen molar-refractivity contribution >= 4 is 7.82 Å². The fraction of sp³-hybridized carbons (Fsp3) is 1.00. The van der Waals surface area contributed by atoms with Gasteiger partial charge in [-0.2, -0.15) is 0 Å². The second-order valence-corrected chi connectivity index (χ2v) is 9.74. The molecule has 0 bridgehead atoms. The third-order valence-electron chi connectivity index (χ3n) is 4.36. The van der Waals surface area contributed by atoms with Crippen LogP contribution in [-0.2, 0) is 18.3 Å². The van der Waals surface area contributed by atoms with E-state index in [2.05, 4.69) is 12.2 Å². The van der Waals surface area contributed by atoms with Crippen molar-refractivity contribution in [2.24, 2.45) is 0 Å². The highest BCUT2D eigenvalue weighted by atomic mass is 31.2. The Kier molecular flexibility index (Phi) is 16.7. The monoisotopic (exact) mass is 424 g/mol. The molecular weight excluding hydrogens is 379 g/mol. The highest BCUT2D eigenvalue weighted by Crippen LogP contribution is 2.39. The standard InChI is InChI=1S/C20H45N2O5P/c1-6-8-9-10-11-12-13-14-16-25-19-20(18-21-7-2)27-28(23,24)26-17-15-22(3,4)5/h20-21H,6-19H2,1-5H3. The van der Waals surface area contributed by atoms with Crippen molar-refractivity contribution in [1.29, 1.82) is 0 Å². The number of rotatable bonds is 20. The average Bonchev–Trinajstić information content (AvgIpc) is 2.59. The molecule has 0 amide bonds. The van der Waals surface area contributed by atoms with E-state index in [4.69, 9.17) is 13.8 Å². The van der Waals surface area contributed by atoms with Crippen molar-refractivity contribution in [3.8, 4) is 0 Å². The topological polar surface area (TPSA) is 79.9 Å². The minimum Gasteiger partial charge on any atom is -0.756 e. The molecule has 0 aromatic rings. The molecule has 170 valence electrons. The van der Waals surface area contributed by atoms with Gasteiger partial charge >= 0.3 is 0 Å². The number of hydrogen-bond acceptors (Lipinski definition) is 6. The van der Waals surface area contributed by atoms with Gasteiger partial charge in [0.1, 0.15) is 19.3 Å². The van der Waals surface area contributed by atoms with Crippen LogP contribution in [-0.4, -0.2) is 71.2 Å². The van der Waals surface area contributed by atoms with Crippen LogP contribution >= 0.6 is 7.82 Å². The van der Waals surface area contributed by atoms with E-state index in [1.807, 2.05) is 28.1 Å². The number of hydrogen-bond donors (Lipinski definition) is 1. The van der Waals surface area contributed by atoms with Crippen molar-refractivity contribution in [2.45, 2.75) is 71.3 Å². The van der Waals surface area contributed by atoms with Crippen LogP contribution in [0.1, 0.15) is 65.2 Å². The van der Waals surface area contributed by atoms with Gasteiger partial charge in [-0.15, -0.1) is 0 Å². The fourth-order valence-electron chi connectivity index (χ4n) is 2.62. The lowest BCUT2D eigenvalue weighted by atomic mass is 10.1. The molecule has 7 nitrogen and oxygen atoms in total. The van der Waals surface area contributed by atoms with Gasteiger partial charge in [0, 0.05) is 13.2 Å². The van der Waals surface area contributed by atoms with E-state index in [0.717, 1.165) is 19.4 Å². The maximum Gasteiger partial charge on any atom is 0.268 e. The van der Waals surface area contributed by atoms with Crippen LogP contribution < -0.4 is 10.2 Å². The third kappa shape index (κ3) is 19.3. The Bertz CT molecular complexity index is 405. The Hall–Kier alpha value is -0.0100. The largest absolute Gasteiger partial charge is 0.756 e. The number of unbranched alkanes of at least 4 members (excludes halogenated alkanes) is 7. The molecule has 28 heavy (non-hydrogen) atoms. The van der Waals surface area contributed by atoms with Crippen LogP contribution in [0.25, 0.3) is 0 Å². The second-order valence-electron chi connectivity index (χ2n) is 8.38. The van der Waals surface area contributed by atoms with E-state index >= 15 is 0 Å². The number of nitrogens with one attached hydrogen (secondary N) is 1. The van der Waals surface area contributed by atoms with Gasteiger partial charge in [0.2, 0.25) is 0 Å². The molecule has 2 unspecified atom stereocenters. The predicted octanol–water partition coefficient (Wildman–Crippen LogP) is 3.33. The van der Waals surface area contributed by atoms with Crippen LogP contribution in [0, 0.1) is 0 Å². The lowest BCUT2D eigenvalue weighted by molar-refractivity contribution is -0.870. The van der Waals surface area contributed by atoms with E-state index in [1.165, 1.54) is 38.5 Å². The number of phosphoric acid groups is 1. The first-order chi connectivity index (χ1) is 13.2. The molecule has 0 radical (unpaired) electrons. The Balaban J connectivity index is 4.01. The number of ether oxygens (including phenoxy) is 1. The molecule has 0 aliphatic carbocycles. The number of likely N-dealkylation sites (N-methyl/N-ethyl adjacent to an activating group) is 2. The Morgan fingerprint density at radius 1 is 0.964 bits per heavy atom. The molecule has 0 rings (SSSR count). The first-order valence-corrected chi connectivity index (χ1v) is 12.4. The summed E-state index contributed by atoms with van der Waals surface area (Å²) in [5.41, 5.74) is 0. The SMILES string of the molecule is CCCCCCCCCCOCC(CNCC)OP(=O)([O-])OCC[N+](C)(C)C.